The molecule has 0 aromatic rings. The topological polar surface area (TPSA) is 102 Å². The average Bonchev–Trinajstić information content (AvgIpc) is 3.35. The maximum Gasteiger partial charge on any atom is 0.253 e. The van der Waals surface area contributed by atoms with Crippen LogP contribution in [0.4, 0.5) is 0 Å². The van der Waals surface area contributed by atoms with E-state index in [0.717, 1.165) is 17.9 Å². The number of ether oxygens (including phenoxy) is 7. The molecule has 258 valence electrons. The molecule has 2 amide bonds. The number of unbranched alkanes of at least 4 members (excludes halogenated alkanes) is 13. The van der Waals surface area contributed by atoms with Gasteiger partial charge in [-0.1, -0.05) is 90.4 Å². The van der Waals surface area contributed by atoms with Crippen molar-refractivity contribution in [2.75, 3.05) is 99.0 Å². The van der Waals surface area contributed by atoms with Crippen molar-refractivity contribution in [3.63, 3.8) is 0 Å². The normalized spacial score (nSPS) is 13.2. The van der Waals surface area contributed by atoms with Crippen LogP contribution in [-0.4, -0.2) is 116 Å². The molecule has 0 atom stereocenters. The van der Waals surface area contributed by atoms with Crippen molar-refractivity contribution in [1.29, 1.82) is 0 Å². The van der Waals surface area contributed by atoms with E-state index in [-0.39, 0.29) is 18.4 Å². The molecule has 10 nitrogen and oxygen atoms in total. The highest BCUT2D eigenvalue weighted by molar-refractivity contribution is 6.12. The van der Waals surface area contributed by atoms with Gasteiger partial charge in [-0.05, 0) is 6.42 Å². The van der Waals surface area contributed by atoms with Crippen LogP contribution in [-0.2, 0) is 42.7 Å². The molecule has 0 bridgehead atoms. The number of carbonyl (C=O) groups excluding carboxylic acids is 2. The van der Waals surface area contributed by atoms with Crippen molar-refractivity contribution >= 4 is 11.8 Å². The van der Waals surface area contributed by atoms with Gasteiger partial charge in [0.25, 0.3) is 11.8 Å². The summed E-state index contributed by atoms with van der Waals surface area (Å²) in [6, 6.07) is 0. The molecule has 0 radical (unpaired) electrons. The number of carbonyl (C=O) groups is 2. The van der Waals surface area contributed by atoms with Gasteiger partial charge < -0.3 is 33.2 Å². The minimum Gasteiger partial charge on any atom is -0.379 e. The van der Waals surface area contributed by atoms with Gasteiger partial charge in [0, 0.05) is 18.8 Å². The highest BCUT2D eigenvalue weighted by Crippen LogP contribution is 2.13. The summed E-state index contributed by atoms with van der Waals surface area (Å²) >= 11 is 0. The summed E-state index contributed by atoms with van der Waals surface area (Å²) in [6.45, 7) is 9.80. The van der Waals surface area contributed by atoms with Crippen molar-refractivity contribution in [2.45, 2.75) is 96.8 Å². The Bertz CT molecular complexity index is 659. The summed E-state index contributed by atoms with van der Waals surface area (Å²) in [4.78, 5) is 23.9. The molecule has 1 rings (SSSR count). The first-order valence-corrected chi connectivity index (χ1v) is 17.3. The molecule has 0 aliphatic carbocycles. The van der Waals surface area contributed by atoms with Gasteiger partial charge in [-0.15, -0.1) is 0 Å². The van der Waals surface area contributed by atoms with Crippen LogP contribution in [0.2, 0.25) is 0 Å². The van der Waals surface area contributed by atoms with E-state index < -0.39 is 0 Å². The van der Waals surface area contributed by atoms with Gasteiger partial charge in [-0.25, -0.2) is 0 Å². The number of hydrogen-bond acceptors (Lipinski definition) is 9. The molecule has 0 aromatic carbocycles. The second-order valence-electron chi connectivity index (χ2n) is 11.0. The molecule has 0 N–H and O–H groups in total. The second kappa shape index (κ2) is 33.0. The van der Waals surface area contributed by atoms with Crippen molar-refractivity contribution < 1.29 is 42.7 Å². The third kappa shape index (κ3) is 27.0. The summed E-state index contributed by atoms with van der Waals surface area (Å²) < 4.78 is 38.4. The molecule has 0 saturated heterocycles. The standard InChI is InChI=1S/C34H63NO9/c1-2-3-4-5-6-7-8-9-10-11-12-13-14-15-19-38-21-23-40-25-27-42-29-31-44-32-30-43-28-26-41-24-22-39-20-18-35-33(36)16-17-34(35)37/h16-17H,2-15,18-32H2,1H3. The molecule has 1 aliphatic rings. The van der Waals surface area contributed by atoms with Crippen molar-refractivity contribution in [2.24, 2.45) is 0 Å². The Morgan fingerprint density at radius 1 is 0.386 bits per heavy atom. The third-order valence-corrected chi connectivity index (χ3v) is 7.23. The van der Waals surface area contributed by atoms with E-state index in [1.807, 2.05) is 0 Å². The first-order chi connectivity index (χ1) is 21.8. The van der Waals surface area contributed by atoms with Gasteiger partial charge >= 0.3 is 0 Å². The zero-order chi connectivity index (χ0) is 31.6. The molecule has 0 unspecified atom stereocenters. The van der Waals surface area contributed by atoms with E-state index in [2.05, 4.69) is 6.92 Å². The molecule has 0 spiro atoms. The quantitative estimate of drug-likeness (QED) is 0.0656. The van der Waals surface area contributed by atoms with Crippen LogP contribution in [0.5, 0.6) is 0 Å². The molecule has 1 aliphatic heterocycles. The Morgan fingerprint density at radius 2 is 0.659 bits per heavy atom. The number of amides is 2. The van der Waals surface area contributed by atoms with Gasteiger partial charge in [0.05, 0.1) is 92.4 Å². The van der Waals surface area contributed by atoms with Crippen LogP contribution in [0.25, 0.3) is 0 Å². The molecule has 0 saturated carbocycles. The predicted octanol–water partition coefficient (Wildman–Crippen LogP) is 5.51. The van der Waals surface area contributed by atoms with E-state index in [0.29, 0.717) is 85.9 Å². The van der Waals surface area contributed by atoms with Gasteiger partial charge in [0.2, 0.25) is 0 Å². The van der Waals surface area contributed by atoms with Crippen molar-refractivity contribution in [3.05, 3.63) is 12.2 Å². The first kappa shape index (κ1) is 40.6. The van der Waals surface area contributed by atoms with E-state index in [1.165, 1.54) is 95.6 Å². The maximum atomic E-state index is 11.4. The zero-order valence-corrected chi connectivity index (χ0v) is 27.8. The summed E-state index contributed by atoms with van der Waals surface area (Å²) in [7, 11) is 0. The summed E-state index contributed by atoms with van der Waals surface area (Å²) in [5.41, 5.74) is 0. The second-order valence-corrected chi connectivity index (χ2v) is 11.0. The number of rotatable bonds is 36. The van der Waals surface area contributed by atoms with E-state index in [1.54, 1.807) is 0 Å². The highest BCUT2D eigenvalue weighted by Gasteiger charge is 2.22. The van der Waals surface area contributed by atoms with Gasteiger partial charge in [0.15, 0.2) is 0 Å². The SMILES string of the molecule is CCCCCCCCCCCCCCCCOCCOCCOCCOCCOCCOCCOCCN1C(=O)C=CC1=O. The largest absolute Gasteiger partial charge is 0.379 e. The minimum absolute atomic E-state index is 0.252. The predicted molar refractivity (Wildman–Crippen MR) is 172 cm³/mol. The Kier molecular flexibility index (Phi) is 30.4. The van der Waals surface area contributed by atoms with E-state index in [4.69, 9.17) is 33.2 Å². The van der Waals surface area contributed by atoms with Gasteiger partial charge in [-0.3, -0.25) is 14.5 Å². The molecule has 44 heavy (non-hydrogen) atoms. The number of hydrogen-bond donors (Lipinski definition) is 0. The molecule has 10 heteroatoms. The Balaban J connectivity index is 1.62. The fraction of sp³-hybridized carbons (Fsp3) is 0.882. The average molecular weight is 630 g/mol. The molecule has 1 heterocycles. The number of imide groups is 1. The Morgan fingerprint density at radius 3 is 1.00 bits per heavy atom. The molecular weight excluding hydrogens is 566 g/mol. The third-order valence-electron chi connectivity index (χ3n) is 7.23. The van der Waals surface area contributed by atoms with Gasteiger partial charge in [-0.2, -0.15) is 0 Å². The van der Waals surface area contributed by atoms with E-state index >= 15 is 0 Å². The van der Waals surface area contributed by atoms with Crippen LogP contribution >= 0.6 is 0 Å². The molecule has 0 aromatic heterocycles. The summed E-state index contributed by atoms with van der Waals surface area (Å²) in [6.07, 6.45) is 21.7. The van der Waals surface area contributed by atoms with Crippen molar-refractivity contribution in [3.8, 4) is 0 Å². The fourth-order valence-electron chi connectivity index (χ4n) is 4.63. The zero-order valence-electron chi connectivity index (χ0n) is 27.8. The highest BCUT2D eigenvalue weighted by atomic mass is 16.6. The van der Waals surface area contributed by atoms with Gasteiger partial charge in [0.1, 0.15) is 0 Å². The monoisotopic (exact) mass is 629 g/mol. The van der Waals surface area contributed by atoms with Crippen LogP contribution in [0.15, 0.2) is 12.2 Å². The maximum absolute atomic E-state index is 11.4. The summed E-state index contributed by atoms with van der Waals surface area (Å²) in [5, 5.41) is 0. The lowest BCUT2D eigenvalue weighted by Crippen LogP contribution is -2.33. The van der Waals surface area contributed by atoms with E-state index in [9.17, 15) is 9.59 Å². The smallest absolute Gasteiger partial charge is 0.253 e. The first-order valence-electron chi connectivity index (χ1n) is 17.3. The number of nitrogens with zero attached hydrogens (tertiary/aromatic N) is 1. The minimum atomic E-state index is -0.296. The van der Waals surface area contributed by atoms with Crippen LogP contribution < -0.4 is 0 Å². The van der Waals surface area contributed by atoms with Crippen LogP contribution in [0, 0.1) is 0 Å². The lowest BCUT2D eigenvalue weighted by molar-refractivity contribution is -0.137. The molecule has 0 fully saturated rings. The summed E-state index contributed by atoms with van der Waals surface area (Å²) in [5.74, 6) is -0.592. The fourth-order valence-corrected chi connectivity index (χ4v) is 4.63. The van der Waals surface area contributed by atoms with Crippen molar-refractivity contribution in [1.82, 2.24) is 4.90 Å². The van der Waals surface area contributed by atoms with Crippen LogP contribution in [0.3, 0.4) is 0 Å². The molecular formula is C34H63NO9. The Hall–Kier alpha value is -1.40. The Labute approximate surface area is 267 Å². The van der Waals surface area contributed by atoms with Crippen LogP contribution in [0.1, 0.15) is 96.8 Å². The lowest BCUT2D eigenvalue weighted by Gasteiger charge is -2.13. The lowest BCUT2D eigenvalue weighted by atomic mass is 10.0.